The van der Waals surface area contributed by atoms with E-state index in [0.717, 1.165) is 0 Å². The summed E-state index contributed by atoms with van der Waals surface area (Å²) < 4.78 is 5.53. The number of amides is 2. The summed E-state index contributed by atoms with van der Waals surface area (Å²) in [6.07, 6.45) is 0.236. The Labute approximate surface area is 123 Å². The average molecular weight is 299 g/mol. The Hall–Kier alpha value is -1.46. The number of hydrogen-bond donors (Lipinski definition) is 2. The molecule has 0 aromatic heterocycles. The Morgan fingerprint density at radius 2 is 2.30 bits per heavy atom. The van der Waals surface area contributed by atoms with E-state index >= 15 is 0 Å². The number of hydrogen-bond acceptors (Lipinski definition) is 3. The predicted octanol–water partition coefficient (Wildman–Crippen LogP) is 2.73. The van der Waals surface area contributed by atoms with Crippen LogP contribution in [0.2, 0.25) is 5.02 Å². The second kappa shape index (κ2) is 6.33. The van der Waals surface area contributed by atoms with Crippen LogP contribution in [-0.2, 0) is 0 Å². The van der Waals surface area contributed by atoms with Gasteiger partial charge in [-0.15, -0.1) is 0 Å². The van der Waals surface area contributed by atoms with Crippen LogP contribution in [0.4, 0.5) is 10.5 Å². The summed E-state index contributed by atoms with van der Waals surface area (Å²) in [5.41, 5.74) is 0.609. The number of nitrogens with one attached hydrogen (secondary N) is 1. The van der Waals surface area contributed by atoms with Crippen LogP contribution in [0.5, 0.6) is 5.75 Å². The molecule has 1 aliphatic rings. The van der Waals surface area contributed by atoms with Crippen LogP contribution in [0.1, 0.15) is 20.3 Å². The lowest BCUT2D eigenvalue weighted by molar-refractivity contribution is 0.176. The van der Waals surface area contributed by atoms with Gasteiger partial charge in [0.2, 0.25) is 0 Å². The zero-order valence-electron chi connectivity index (χ0n) is 11.6. The smallest absolute Gasteiger partial charge is 0.321 e. The van der Waals surface area contributed by atoms with Crippen LogP contribution in [0.25, 0.3) is 0 Å². The summed E-state index contributed by atoms with van der Waals surface area (Å²) in [6.45, 7) is 4.78. The van der Waals surface area contributed by atoms with E-state index in [9.17, 15) is 9.90 Å². The van der Waals surface area contributed by atoms with E-state index in [1.165, 1.54) is 0 Å². The van der Waals surface area contributed by atoms with Crippen molar-refractivity contribution in [2.24, 2.45) is 0 Å². The normalized spacial score (nSPS) is 18.4. The highest BCUT2D eigenvalue weighted by molar-refractivity contribution is 6.32. The summed E-state index contributed by atoms with van der Waals surface area (Å²) in [7, 11) is 0. The fourth-order valence-electron chi connectivity index (χ4n) is 2.06. The number of aliphatic hydroxyl groups is 1. The van der Waals surface area contributed by atoms with Crippen LogP contribution < -0.4 is 10.1 Å². The minimum absolute atomic E-state index is 0.0408. The first-order valence-electron chi connectivity index (χ1n) is 6.66. The quantitative estimate of drug-likeness (QED) is 0.902. The molecular weight excluding hydrogens is 280 g/mol. The third-order valence-corrected chi connectivity index (χ3v) is 3.29. The molecule has 0 spiro atoms. The predicted molar refractivity (Wildman–Crippen MR) is 78.4 cm³/mol. The number of ether oxygens (including phenoxy) is 1. The van der Waals surface area contributed by atoms with Gasteiger partial charge < -0.3 is 20.1 Å². The van der Waals surface area contributed by atoms with Crippen molar-refractivity contribution in [3.8, 4) is 5.75 Å². The fraction of sp³-hybridized carbons (Fsp3) is 0.500. The first-order chi connectivity index (χ1) is 9.45. The van der Waals surface area contributed by atoms with E-state index in [1.54, 1.807) is 23.1 Å². The molecule has 1 aromatic carbocycles. The van der Waals surface area contributed by atoms with Gasteiger partial charge in [-0.3, -0.25) is 0 Å². The van der Waals surface area contributed by atoms with E-state index in [0.29, 0.717) is 36.0 Å². The SMILES string of the molecule is CC(C)Oc1ccc(NC(=O)N2CC[C@H](O)C2)cc1Cl. The van der Waals surface area contributed by atoms with Crippen LogP contribution >= 0.6 is 11.6 Å². The zero-order valence-corrected chi connectivity index (χ0v) is 12.4. The number of urea groups is 1. The Kier molecular flexibility index (Phi) is 4.73. The molecule has 1 heterocycles. The number of benzene rings is 1. The molecule has 0 unspecified atom stereocenters. The number of nitrogens with zero attached hydrogens (tertiary/aromatic N) is 1. The minimum atomic E-state index is -0.425. The maximum absolute atomic E-state index is 12.0. The van der Waals surface area contributed by atoms with Crippen LogP contribution in [-0.4, -0.2) is 41.3 Å². The molecule has 6 heteroatoms. The van der Waals surface area contributed by atoms with Gasteiger partial charge in [-0.2, -0.15) is 0 Å². The van der Waals surface area contributed by atoms with Crippen molar-refractivity contribution >= 4 is 23.3 Å². The molecule has 1 aromatic rings. The van der Waals surface area contributed by atoms with Crippen molar-refractivity contribution in [2.75, 3.05) is 18.4 Å². The molecule has 0 aliphatic carbocycles. The number of carbonyl (C=O) groups is 1. The first kappa shape index (κ1) is 14.9. The Morgan fingerprint density at radius 3 is 2.85 bits per heavy atom. The highest BCUT2D eigenvalue weighted by Crippen LogP contribution is 2.28. The van der Waals surface area contributed by atoms with E-state index in [4.69, 9.17) is 16.3 Å². The highest BCUT2D eigenvalue weighted by atomic mass is 35.5. The molecule has 0 bridgehead atoms. The monoisotopic (exact) mass is 298 g/mol. The summed E-state index contributed by atoms with van der Waals surface area (Å²) in [4.78, 5) is 13.5. The Balaban J connectivity index is 1.99. The van der Waals surface area contributed by atoms with Crippen molar-refractivity contribution in [1.29, 1.82) is 0 Å². The second-order valence-electron chi connectivity index (χ2n) is 5.13. The minimum Gasteiger partial charge on any atom is -0.489 e. The van der Waals surface area contributed by atoms with E-state index in [1.807, 2.05) is 13.8 Å². The van der Waals surface area contributed by atoms with E-state index in [2.05, 4.69) is 5.32 Å². The number of halogens is 1. The fourth-order valence-corrected chi connectivity index (χ4v) is 2.28. The molecule has 1 aliphatic heterocycles. The average Bonchev–Trinajstić information content (AvgIpc) is 2.79. The molecule has 5 nitrogen and oxygen atoms in total. The molecule has 2 N–H and O–H groups in total. The molecule has 2 rings (SSSR count). The highest BCUT2D eigenvalue weighted by Gasteiger charge is 2.24. The van der Waals surface area contributed by atoms with Gasteiger partial charge in [0.25, 0.3) is 0 Å². The van der Waals surface area contributed by atoms with Crippen LogP contribution in [0.15, 0.2) is 18.2 Å². The molecule has 0 radical (unpaired) electrons. The zero-order chi connectivity index (χ0) is 14.7. The number of carbonyl (C=O) groups excluding carboxylic acids is 1. The number of aliphatic hydroxyl groups excluding tert-OH is 1. The summed E-state index contributed by atoms with van der Waals surface area (Å²) in [5, 5.41) is 12.6. The summed E-state index contributed by atoms with van der Waals surface area (Å²) >= 11 is 6.11. The molecule has 1 atom stereocenters. The molecule has 0 saturated carbocycles. The standard InChI is InChI=1S/C14H19ClN2O3/c1-9(2)20-13-4-3-10(7-12(13)15)16-14(19)17-6-5-11(18)8-17/h3-4,7,9,11,18H,5-6,8H2,1-2H3,(H,16,19)/t11-/m0/s1. The van der Waals surface area contributed by atoms with Crippen LogP contribution in [0, 0.1) is 0 Å². The number of anilines is 1. The van der Waals surface area contributed by atoms with Crippen molar-refractivity contribution in [3.63, 3.8) is 0 Å². The molecule has 2 amide bonds. The van der Waals surface area contributed by atoms with Crippen LogP contribution in [0.3, 0.4) is 0 Å². The summed E-state index contributed by atoms with van der Waals surface area (Å²) in [6, 6.07) is 4.91. The van der Waals surface area contributed by atoms with Gasteiger partial charge in [-0.1, -0.05) is 11.6 Å². The molecule has 1 fully saturated rings. The summed E-state index contributed by atoms with van der Waals surface area (Å²) in [5.74, 6) is 0.594. The molecule has 20 heavy (non-hydrogen) atoms. The van der Waals surface area contributed by atoms with Gasteiger partial charge in [0.1, 0.15) is 5.75 Å². The van der Waals surface area contributed by atoms with Crippen molar-refractivity contribution in [2.45, 2.75) is 32.5 Å². The van der Waals surface area contributed by atoms with Gasteiger partial charge in [0.15, 0.2) is 0 Å². The third-order valence-electron chi connectivity index (χ3n) is 3.00. The lowest BCUT2D eigenvalue weighted by Crippen LogP contribution is -2.33. The van der Waals surface area contributed by atoms with Crippen molar-refractivity contribution in [3.05, 3.63) is 23.2 Å². The Morgan fingerprint density at radius 1 is 1.55 bits per heavy atom. The molecular formula is C14H19ClN2O3. The third kappa shape index (κ3) is 3.77. The topological polar surface area (TPSA) is 61.8 Å². The lowest BCUT2D eigenvalue weighted by Gasteiger charge is -2.17. The largest absolute Gasteiger partial charge is 0.489 e. The maximum Gasteiger partial charge on any atom is 0.321 e. The molecule has 1 saturated heterocycles. The van der Waals surface area contributed by atoms with Gasteiger partial charge in [-0.25, -0.2) is 4.79 Å². The maximum atomic E-state index is 12.0. The van der Waals surface area contributed by atoms with E-state index < -0.39 is 6.10 Å². The Bertz CT molecular complexity index is 493. The number of β-amino-alcohol motifs (C(OH)–C–C–N with tert-alkyl or cyclic N) is 1. The number of rotatable bonds is 3. The van der Waals surface area contributed by atoms with E-state index in [-0.39, 0.29) is 12.1 Å². The van der Waals surface area contributed by atoms with Gasteiger partial charge in [0.05, 0.1) is 17.2 Å². The second-order valence-corrected chi connectivity index (χ2v) is 5.54. The van der Waals surface area contributed by atoms with Crippen molar-refractivity contribution in [1.82, 2.24) is 4.90 Å². The first-order valence-corrected chi connectivity index (χ1v) is 7.03. The van der Waals surface area contributed by atoms with Crippen molar-refractivity contribution < 1.29 is 14.6 Å². The molecule has 110 valence electrons. The van der Waals surface area contributed by atoms with Gasteiger partial charge in [-0.05, 0) is 38.5 Å². The van der Waals surface area contributed by atoms with Gasteiger partial charge >= 0.3 is 6.03 Å². The van der Waals surface area contributed by atoms with Gasteiger partial charge in [0, 0.05) is 18.8 Å². The number of likely N-dealkylation sites (tertiary alicyclic amines) is 1. The lowest BCUT2D eigenvalue weighted by atomic mass is 10.3.